The topological polar surface area (TPSA) is 71.2 Å². The molecule has 3 N–H and O–H groups in total. The van der Waals surface area contributed by atoms with Gasteiger partial charge in [0.05, 0.1) is 10.4 Å². The largest absolute Gasteiger partial charge is 0.397 e. The number of hydrogen-bond donors (Lipinski definition) is 2. The van der Waals surface area contributed by atoms with Crippen molar-refractivity contribution in [3.63, 3.8) is 0 Å². The quantitative estimate of drug-likeness (QED) is 0.859. The van der Waals surface area contributed by atoms with Crippen molar-refractivity contribution in [1.82, 2.24) is 15.2 Å². The van der Waals surface area contributed by atoms with Gasteiger partial charge < -0.3 is 16.0 Å². The summed E-state index contributed by atoms with van der Waals surface area (Å²) in [5.41, 5.74) is 6.60. The van der Waals surface area contributed by atoms with Crippen LogP contribution in [0, 0.1) is 0 Å². The summed E-state index contributed by atoms with van der Waals surface area (Å²) in [6.07, 6.45) is 4.53. The fourth-order valence-electron chi connectivity index (χ4n) is 2.10. The highest BCUT2D eigenvalue weighted by molar-refractivity contribution is 7.21. The van der Waals surface area contributed by atoms with Crippen LogP contribution in [0.5, 0.6) is 0 Å². The Bertz CT molecular complexity index is 625. The molecule has 114 valence electrons. The van der Waals surface area contributed by atoms with E-state index in [0.717, 1.165) is 23.1 Å². The lowest BCUT2D eigenvalue weighted by atomic mass is 10.2. The Morgan fingerprint density at radius 2 is 2.33 bits per heavy atom. The molecule has 0 saturated heterocycles. The summed E-state index contributed by atoms with van der Waals surface area (Å²) in [6.45, 7) is 5.78. The van der Waals surface area contributed by atoms with Crippen molar-refractivity contribution >= 4 is 33.0 Å². The number of anilines is 1. The van der Waals surface area contributed by atoms with Crippen LogP contribution in [0.25, 0.3) is 10.1 Å². The summed E-state index contributed by atoms with van der Waals surface area (Å²) in [6, 6.07) is 2.36. The Morgan fingerprint density at radius 1 is 1.57 bits per heavy atom. The van der Waals surface area contributed by atoms with Crippen LogP contribution in [-0.2, 0) is 0 Å². The normalized spacial score (nSPS) is 12.8. The first-order chi connectivity index (χ1) is 10.0. The predicted octanol–water partition coefficient (Wildman–Crippen LogP) is 2.34. The molecule has 0 spiro atoms. The van der Waals surface area contributed by atoms with E-state index in [9.17, 15) is 4.79 Å². The van der Waals surface area contributed by atoms with Gasteiger partial charge in [0.2, 0.25) is 0 Å². The molecule has 2 heterocycles. The summed E-state index contributed by atoms with van der Waals surface area (Å²) in [4.78, 5) is 19.1. The molecule has 0 aliphatic rings. The number of nitrogens with zero attached hydrogens (tertiary/aromatic N) is 2. The van der Waals surface area contributed by atoms with Gasteiger partial charge in [-0.2, -0.15) is 0 Å². The number of carbonyl (C=O) groups excluding carboxylic acids is 1. The number of nitrogens with one attached hydrogen (secondary N) is 1. The van der Waals surface area contributed by atoms with E-state index in [2.05, 4.69) is 36.1 Å². The molecule has 2 aromatic rings. The van der Waals surface area contributed by atoms with Crippen molar-refractivity contribution < 1.29 is 4.79 Å². The average molecular weight is 306 g/mol. The van der Waals surface area contributed by atoms with Crippen LogP contribution >= 0.6 is 11.3 Å². The molecule has 0 aliphatic carbocycles. The number of carbonyl (C=O) groups is 1. The number of thiophene rings is 1. The molecule has 1 amide bonds. The Morgan fingerprint density at radius 3 is 3.00 bits per heavy atom. The van der Waals surface area contributed by atoms with Crippen LogP contribution in [0.2, 0.25) is 0 Å². The highest BCUT2D eigenvalue weighted by Crippen LogP contribution is 2.32. The summed E-state index contributed by atoms with van der Waals surface area (Å²) >= 11 is 1.39. The van der Waals surface area contributed by atoms with Crippen LogP contribution in [0.15, 0.2) is 18.5 Å². The summed E-state index contributed by atoms with van der Waals surface area (Å²) in [5, 5.41) is 3.84. The number of aromatic nitrogens is 1. The third-order valence-corrected chi connectivity index (χ3v) is 4.99. The Kier molecular flexibility index (Phi) is 5.14. The lowest BCUT2D eigenvalue weighted by molar-refractivity contribution is 0.0952. The van der Waals surface area contributed by atoms with Crippen LogP contribution in [-0.4, -0.2) is 42.0 Å². The monoisotopic (exact) mass is 306 g/mol. The number of pyridine rings is 1. The first-order valence-electron chi connectivity index (χ1n) is 7.15. The first kappa shape index (κ1) is 15.7. The Balaban J connectivity index is 1.98. The minimum absolute atomic E-state index is 0.105. The first-order valence-corrected chi connectivity index (χ1v) is 7.96. The number of nitrogens with two attached hydrogens (primary N) is 1. The fourth-order valence-corrected chi connectivity index (χ4v) is 3.10. The molecule has 0 fully saturated rings. The molecular weight excluding hydrogens is 284 g/mol. The zero-order valence-corrected chi connectivity index (χ0v) is 13.5. The molecule has 1 unspecified atom stereocenters. The molecule has 0 saturated carbocycles. The molecule has 1 atom stereocenters. The van der Waals surface area contributed by atoms with E-state index in [0.29, 0.717) is 23.2 Å². The highest BCUT2D eigenvalue weighted by Gasteiger charge is 2.16. The van der Waals surface area contributed by atoms with Gasteiger partial charge in [-0.25, -0.2) is 0 Å². The second-order valence-corrected chi connectivity index (χ2v) is 6.26. The van der Waals surface area contributed by atoms with Gasteiger partial charge in [-0.15, -0.1) is 11.3 Å². The Labute approximate surface area is 129 Å². The third-order valence-electron chi connectivity index (χ3n) is 3.83. The molecule has 2 rings (SSSR count). The van der Waals surface area contributed by atoms with E-state index in [-0.39, 0.29) is 5.91 Å². The van der Waals surface area contributed by atoms with Gasteiger partial charge in [0.15, 0.2) is 0 Å². The standard InChI is InChI=1S/C15H22N4OS/c1-4-10(2)19(3)8-7-18-15(20)14-13(16)11-5-6-17-9-12(11)21-14/h5-6,9-10H,4,7-8,16H2,1-3H3,(H,18,20). The van der Waals surface area contributed by atoms with Crippen LogP contribution in [0.1, 0.15) is 29.9 Å². The van der Waals surface area contributed by atoms with Gasteiger partial charge >= 0.3 is 0 Å². The summed E-state index contributed by atoms with van der Waals surface area (Å²) in [7, 11) is 2.07. The summed E-state index contributed by atoms with van der Waals surface area (Å²) in [5.74, 6) is -0.105. The van der Waals surface area contributed by atoms with Gasteiger partial charge in [-0.1, -0.05) is 6.92 Å². The van der Waals surface area contributed by atoms with Crippen LogP contribution < -0.4 is 11.1 Å². The highest BCUT2D eigenvalue weighted by atomic mass is 32.1. The summed E-state index contributed by atoms with van der Waals surface area (Å²) < 4.78 is 0.942. The van der Waals surface area contributed by atoms with E-state index in [1.54, 1.807) is 12.4 Å². The zero-order valence-electron chi connectivity index (χ0n) is 12.7. The van der Waals surface area contributed by atoms with Gasteiger partial charge in [0.25, 0.3) is 5.91 Å². The smallest absolute Gasteiger partial charge is 0.263 e. The number of fused-ring (bicyclic) bond motifs is 1. The maximum Gasteiger partial charge on any atom is 0.263 e. The van der Waals surface area contributed by atoms with E-state index in [1.807, 2.05) is 6.07 Å². The van der Waals surface area contributed by atoms with E-state index in [1.165, 1.54) is 11.3 Å². The van der Waals surface area contributed by atoms with E-state index in [4.69, 9.17) is 5.73 Å². The number of likely N-dealkylation sites (N-methyl/N-ethyl adjacent to an activating group) is 1. The lowest BCUT2D eigenvalue weighted by Gasteiger charge is -2.23. The van der Waals surface area contributed by atoms with Gasteiger partial charge in [-0.3, -0.25) is 9.78 Å². The van der Waals surface area contributed by atoms with Crippen molar-refractivity contribution in [2.45, 2.75) is 26.3 Å². The van der Waals surface area contributed by atoms with Gasteiger partial charge in [0, 0.05) is 36.9 Å². The second-order valence-electron chi connectivity index (χ2n) is 5.21. The maximum absolute atomic E-state index is 12.2. The van der Waals surface area contributed by atoms with Crippen molar-refractivity contribution in [2.24, 2.45) is 0 Å². The molecule has 0 aromatic carbocycles. The minimum atomic E-state index is -0.105. The SMILES string of the molecule is CCC(C)N(C)CCNC(=O)c1sc2cnccc2c1N. The number of nitrogen functional groups attached to an aromatic ring is 1. The molecule has 5 nitrogen and oxygen atoms in total. The van der Waals surface area contributed by atoms with Crippen LogP contribution in [0.4, 0.5) is 5.69 Å². The lowest BCUT2D eigenvalue weighted by Crippen LogP contribution is -2.37. The number of rotatable bonds is 6. The molecule has 21 heavy (non-hydrogen) atoms. The second kappa shape index (κ2) is 6.87. The van der Waals surface area contributed by atoms with Crippen molar-refractivity contribution in [3.8, 4) is 0 Å². The molecule has 0 bridgehead atoms. The zero-order chi connectivity index (χ0) is 15.4. The predicted molar refractivity (Wildman–Crippen MR) is 88.7 cm³/mol. The van der Waals surface area contributed by atoms with Crippen molar-refractivity contribution in [1.29, 1.82) is 0 Å². The molecular formula is C15H22N4OS. The van der Waals surface area contributed by atoms with E-state index >= 15 is 0 Å². The molecule has 0 aliphatic heterocycles. The minimum Gasteiger partial charge on any atom is -0.397 e. The third kappa shape index (κ3) is 3.51. The maximum atomic E-state index is 12.2. The molecule has 6 heteroatoms. The van der Waals surface area contributed by atoms with Gasteiger partial charge in [-0.05, 0) is 26.5 Å². The average Bonchev–Trinajstić information content (AvgIpc) is 2.84. The van der Waals surface area contributed by atoms with E-state index < -0.39 is 0 Å². The Hall–Kier alpha value is -1.66. The van der Waals surface area contributed by atoms with Crippen molar-refractivity contribution in [3.05, 3.63) is 23.3 Å². The van der Waals surface area contributed by atoms with Crippen molar-refractivity contribution in [2.75, 3.05) is 25.9 Å². The number of amides is 1. The molecule has 0 radical (unpaired) electrons. The van der Waals surface area contributed by atoms with Gasteiger partial charge in [0.1, 0.15) is 4.88 Å². The fraction of sp³-hybridized carbons (Fsp3) is 0.467. The number of hydrogen-bond acceptors (Lipinski definition) is 5. The van der Waals surface area contributed by atoms with Crippen LogP contribution in [0.3, 0.4) is 0 Å². The molecule has 2 aromatic heterocycles.